The molecular formula is C10H7FN2O4S. The highest BCUT2D eigenvalue weighted by Gasteiger charge is 2.22. The molecule has 0 saturated heterocycles. The van der Waals surface area contributed by atoms with Gasteiger partial charge in [-0.3, -0.25) is 4.79 Å². The molecule has 0 amide bonds. The zero-order valence-corrected chi connectivity index (χ0v) is 9.65. The van der Waals surface area contributed by atoms with Crippen molar-refractivity contribution in [3.05, 3.63) is 63.2 Å². The van der Waals surface area contributed by atoms with Gasteiger partial charge in [0.25, 0.3) is 10.0 Å². The Labute approximate surface area is 100 Å². The van der Waals surface area contributed by atoms with Crippen molar-refractivity contribution in [3.63, 3.8) is 0 Å². The topological polar surface area (TPSA) is 89.0 Å². The van der Waals surface area contributed by atoms with E-state index >= 15 is 0 Å². The number of aromatic nitrogens is 2. The van der Waals surface area contributed by atoms with Gasteiger partial charge >= 0.3 is 11.2 Å². The van der Waals surface area contributed by atoms with Gasteiger partial charge in [-0.1, -0.05) is 18.2 Å². The van der Waals surface area contributed by atoms with Crippen LogP contribution in [0.1, 0.15) is 0 Å². The zero-order chi connectivity index (χ0) is 13.3. The van der Waals surface area contributed by atoms with E-state index in [0.717, 1.165) is 0 Å². The summed E-state index contributed by atoms with van der Waals surface area (Å²) in [4.78, 5) is 24.3. The lowest BCUT2D eigenvalue weighted by Gasteiger charge is -2.05. The molecule has 1 aromatic carbocycles. The monoisotopic (exact) mass is 270 g/mol. The van der Waals surface area contributed by atoms with E-state index in [4.69, 9.17) is 0 Å². The van der Waals surface area contributed by atoms with Gasteiger partial charge in [-0.15, -0.1) is 3.97 Å². The molecule has 8 heteroatoms. The predicted molar refractivity (Wildman–Crippen MR) is 60.3 cm³/mol. The van der Waals surface area contributed by atoms with Gasteiger partial charge in [0.05, 0.1) is 4.90 Å². The van der Waals surface area contributed by atoms with Gasteiger partial charge in [-0.05, 0) is 12.1 Å². The molecule has 18 heavy (non-hydrogen) atoms. The molecule has 1 heterocycles. The summed E-state index contributed by atoms with van der Waals surface area (Å²) in [5.74, 6) is -1.35. The van der Waals surface area contributed by atoms with Gasteiger partial charge in [0.15, 0.2) is 0 Å². The first-order chi connectivity index (χ1) is 8.44. The van der Waals surface area contributed by atoms with Crippen molar-refractivity contribution in [2.45, 2.75) is 4.90 Å². The molecule has 2 rings (SSSR count). The van der Waals surface area contributed by atoms with Crippen molar-refractivity contribution in [2.24, 2.45) is 0 Å². The second-order valence-corrected chi connectivity index (χ2v) is 5.12. The van der Waals surface area contributed by atoms with E-state index in [1.807, 2.05) is 4.98 Å². The molecule has 0 saturated carbocycles. The summed E-state index contributed by atoms with van der Waals surface area (Å²) in [5.41, 5.74) is -2.73. The minimum atomic E-state index is -4.40. The molecule has 1 aromatic heterocycles. The Morgan fingerprint density at radius 2 is 1.72 bits per heavy atom. The van der Waals surface area contributed by atoms with Crippen LogP contribution in [-0.4, -0.2) is 17.4 Å². The van der Waals surface area contributed by atoms with E-state index in [9.17, 15) is 22.4 Å². The summed E-state index contributed by atoms with van der Waals surface area (Å²) < 4.78 is 36.9. The summed E-state index contributed by atoms with van der Waals surface area (Å²) in [6, 6.07) is 6.81. The summed E-state index contributed by atoms with van der Waals surface area (Å²) in [5, 5.41) is 0. The van der Waals surface area contributed by atoms with E-state index in [0.29, 0.717) is 6.20 Å². The van der Waals surface area contributed by atoms with Gasteiger partial charge in [0, 0.05) is 6.20 Å². The maximum atomic E-state index is 13.0. The SMILES string of the molecule is O=c1[nH]cc(F)c(=O)n1S(=O)(=O)c1ccccc1. The Morgan fingerprint density at radius 1 is 1.11 bits per heavy atom. The Morgan fingerprint density at radius 3 is 2.33 bits per heavy atom. The van der Waals surface area contributed by atoms with E-state index in [-0.39, 0.29) is 8.87 Å². The van der Waals surface area contributed by atoms with E-state index in [1.165, 1.54) is 24.3 Å². The summed E-state index contributed by atoms with van der Waals surface area (Å²) >= 11 is 0. The molecule has 0 aliphatic carbocycles. The molecule has 0 aliphatic rings. The van der Waals surface area contributed by atoms with Crippen LogP contribution in [0.4, 0.5) is 4.39 Å². The third kappa shape index (κ3) is 1.86. The third-order valence-electron chi connectivity index (χ3n) is 2.18. The number of halogens is 1. The molecule has 0 unspecified atom stereocenters. The first kappa shape index (κ1) is 12.2. The standard InChI is InChI=1S/C10H7FN2O4S/c11-8-6-12-10(15)13(9(8)14)18(16,17)7-4-2-1-3-5-7/h1-6H,(H,12,15). The summed E-state index contributed by atoms with van der Waals surface area (Å²) in [6.07, 6.45) is 0.516. The quantitative estimate of drug-likeness (QED) is 0.826. The number of rotatable bonds is 2. The maximum absolute atomic E-state index is 13.0. The summed E-state index contributed by atoms with van der Waals surface area (Å²) in [6.45, 7) is 0. The van der Waals surface area contributed by atoms with Crippen molar-refractivity contribution in [3.8, 4) is 0 Å². The Bertz CT molecular complexity index is 793. The molecule has 0 spiro atoms. The first-order valence-corrected chi connectivity index (χ1v) is 6.19. The van der Waals surface area contributed by atoms with Crippen molar-refractivity contribution < 1.29 is 12.8 Å². The highest BCUT2D eigenvalue weighted by Crippen LogP contribution is 2.08. The van der Waals surface area contributed by atoms with Crippen molar-refractivity contribution >= 4 is 10.0 Å². The lowest BCUT2D eigenvalue weighted by atomic mass is 10.4. The molecule has 0 bridgehead atoms. The van der Waals surface area contributed by atoms with Gasteiger partial charge in [0.1, 0.15) is 0 Å². The van der Waals surface area contributed by atoms with Crippen LogP contribution in [0, 0.1) is 5.82 Å². The molecule has 2 aromatic rings. The van der Waals surface area contributed by atoms with Crippen LogP contribution in [0.5, 0.6) is 0 Å². The first-order valence-electron chi connectivity index (χ1n) is 4.75. The Kier molecular flexibility index (Phi) is 2.87. The van der Waals surface area contributed by atoms with Crippen molar-refractivity contribution in [1.82, 2.24) is 8.96 Å². The average Bonchev–Trinajstić information content (AvgIpc) is 2.35. The van der Waals surface area contributed by atoms with E-state index in [1.54, 1.807) is 6.07 Å². The minimum Gasteiger partial charge on any atom is -0.310 e. The van der Waals surface area contributed by atoms with Crippen LogP contribution in [0.2, 0.25) is 0 Å². The highest BCUT2D eigenvalue weighted by molar-refractivity contribution is 7.89. The third-order valence-corrected chi connectivity index (χ3v) is 3.86. The molecule has 0 radical (unpaired) electrons. The molecule has 94 valence electrons. The number of hydrogen-bond donors (Lipinski definition) is 1. The van der Waals surface area contributed by atoms with Gasteiger partial charge < -0.3 is 4.98 Å². The normalized spacial score (nSPS) is 11.4. The number of nitrogens with zero attached hydrogens (tertiary/aromatic N) is 1. The van der Waals surface area contributed by atoms with Crippen LogP contribution < -0.4 is 11.2 Å². The van der Waals surface area contributed by atoms with Crippen LogP contribution in [-0.2, 0) is 10.0 Å². The van der Waals surface area contributed by atoms with Crippen LogP contribution in [0.3, 0.4) is 0 Å². The van der Waals surface area contributed by atoms with Crippen LogP contribution in [0.25, 0.3) is 0 Å². The number of aromatic amines is 1. The van der Waals surface area contributed by atoms with Crippen LogP contribution >= 0.6 is 0 Å². The molecule has 0 aliphatic heterocycles. The number of nitrogens with one attached hydrogen (secondary N) is 1. The molecule has 0 fully saturated rings. The zero-order valence-electron chi connectivity index (χ0n) is 8.83. The number of benzene rings is 1. The molecule has 1 N–H and O–H groups in total. The molecule has 6 nitrogen and oxygen atoms in total. The second-order valence-electron chi connectivity index (χ2n) is 3.33. The molecule has 0 atom stereocenters. The largest absolute Gasteiger partial charge is 0.342 e. The average molecular weight is 270 g/mol. The van der Waals surface area contributed by atoms with Crippen molar-refractivity contribution in [1.29, 1.82) is 0 Å². The predicted octanol–water partition coefficient (Wildman–Crippen LogP) is -0.0873. The fraction of sp³-hybridized carbons (Fsp3) is 0. The smallest absolute Gasteiger partial charge is 0.310 e. The fourth-order valence-electron chi connectivity index (χ4n) is 1.35. The van der Waals surface area contributed by atoms with E-state index in [2.05, 4.69) is 0 Å². The fourth-order valence-corrected chi connectivity index (χ4v) is 2.64. The van der Waals surface area contributed by atoms with Gasteiger partial charge in [-0.25, -0.2) is 13.2 Å². The summed E-state index contributed by atoms with van der Waals surface area (Å²) in [7, 11) is -4.40. The number of hydrogen-bond acceptors (Lipinski definition) is 4. The lowest BCUT2D eigenvalue weighted by molar-refractivity contribution is 0.560. The Balaban J connectivity index is 2.83. The Hall–Kier alpha value is -2.22. The number of H-pyrrole nitrogens is 1. The minimum absolute atomic E-state index is 0.141. The maximum Gasteiger partial charge on any atom is 0.342 e. The van der Waals surface area contributed by atoms with Gasteiger partial charge in [0.2, 0.25) is 5.82 Å². The lowest BCUT2D eigenvalue weighted by Crippen LogP contribution is -2.41. The molecular weight excluding hydrogens is 263 g/mol. The highest BCUT2D eigenvalue weighted by atomic mass is 32.2. The van der Waals surface area contributed by atoms with Crippen molar-refractivity contribution in [2.75, 3.05) is 0 Å². The second kappa shape index (κ2) is 4.22. The van der Waals surface area contributed by atoms with Crippen LogP contribution in [0.15, 0.2) is 51.0 Å². The van der Waals surface area contributed by atoms with E-state index < -0.39 is 27.1 Å². The van der Waals surface area contributed by atoms with Gasteiger partial charge in [-0.2, -0.15) is 4.39 Å².